The van der Waals surface area contributed by atoms with Crippen molar-refractivity contribution in [3.05, 3.63) is 12.2 Å². The molecule has 1 heteroatoms. The van der Waals surface area contributed by atoms with Crippen LogP contribution in [0.2, 0.25) is 0 Å². The van der Waals surface area contributed by atoms with Crippen LogP contribution in [-0.2, 0) is 0 Å². The first-order valence-electron chi connectivity index (χ1n) is 5.29. The molecule has 0 aromatic heterocycles. The Balaban J connectivity index is 3.33. The van der Waals surface area contributed by atoms with Crippen LogP contribution < -0.4 is 0 Å². The van der Waals surface area contributed by atoms with Crippen molar-refractivity contribution in [3.63, 3.8) is 0 Å². The van der Waals surface area contributed by atoms with Crippen LogP contribution in [0.5, 0.6) is 0 Å². The molecule has 0 aliphatic heterocycles. The molecule has 0 saturated heterocycles. The Morgan fingerprint density at radius 3 is 2.07 bits per heavy atom. The molecule has 0 aromatic carbocycles. The van der Waals surface area contributed by atoms with Crippen molar-refractivity contribution >= 4 is 0 Å². The van der Waals surface area contributed by atoms with E-state index in [0.717, 1.165) is 0 Å². The lowest BCUT2D eigenvalue weighted by molar-refractivity contribution is -0.00944. The zero-order chi connectivity index (χ0) is 11.2. The molecule has 1 rings (SSSR count). The largest absolute Gasteiger partial charge is 0.197 e. The van der Waals surface area contributed by atoms with E-state index in [1.54, 1.807) is 0 Å². The molecule has 0 heterocycles. The number of allylic oxidation sites excluding steroid dienone is 2. The molecule has 0 amide bonds. The Kier molecular flexibility index (Phi) is 2.31. The van der Waals surface area contributed by atoms with Gasteiger partial charge in [0, 0.05) is 0 Å². The number of hydrogen-bond acceptors (Lipinski definition) is 1. The Bertz CT molecular complexity index is 304. The van der Waals surface area contributed by atoms with Crippen LogP contribution in [0.4, 0.5) is 0 Å². The van der Waals surface area contributed by atoms with Gasteiger partial charge in [-0.2, -0.15) is 5.26 Å². The molecule has 1 aliphatic rings. The van der Waals surface area contributed by atoms with Crippen molar-refractivity contribution in [2.24, 2.45) is 22.2 Å². The van der Waals surface area contributed by atoms with Crippen LogP contribution in [0.25, 0.3) is 0 Å². The third-order valence-corrected chi connectivity index (χ3v) is 5.00. The van der Waals surface area contributed by atoms with Gasteiger partial charge in [-0.25, -0.2) is 0 Å². The molecular formula is C13H21N. The van der Waals surface area contributed by atoms with Gasteiger partial charge in [-0.05, 0) is 23.7 Å². The van der Waals surface area contributed by atoms with Crippen LogP contribution in [0.1, 0.15) is 41.5 Å². The van der Waals surface area contributed by atoms with Crippen molar-refractivity contribution in [3.8, 4) is 6.07 Å². The molecule has 0 fully saturated rings. The summed E-state index contributed by atoms with van der Waals surface area (Å²) in [7, 11) is 0. The summed E-state index contributed by atoms with van der Waals surface area (Å²) in [5.74, 6) is 0.527. The first-order chi connectivity index (χ1) is 6.19. The van der Waals surface area contributed by atoms with Gasteiger partial charge in [0.05, 0.1) is 11.5 Å². The van der Waals surface area contributed by atoms with Gasteiger partial charge >= 0.3 is 0 Å². The van der Waals surface area contributed by atoms with E-state index in [1.807, 2.05) is 6.92 Å². The highest BCUT2D eigenvalue weighted by molar-refractivity contribution is 5.24. The predicted molar refractivity (Wildman–Crippen MR) is 59.6 cm³/mol. The lowest BCUT2D eigenvalue weighted by Gasteiger charge is -2.54. The Morgan fingerprint density at radius 1 is 1.14 bits per heavy atom. The minimum atomic E-state index is -0.344. The molecule has 1 aliphatic carbocycles. The molecule has 0 bridgehead atoms. The second-order valence-corrected chi connectivity index (χ2v) is 5.81. The van der Waals surface area contributed by atoms with Gasteiger partial charge in [0.1, 0.15) is 0 Å². The van der Waals surface area contributed by atoms with Crippen LogP contribution in [0, 0.1) is 33.5 Å². The fraction of sp³-hybridized carbons (Fsp3) is 0.769. The van der Waals surface area contributed by atoms with Gasteiger partial charge in [0.25, 0.3) is 0 Å². The average Bonchev–Trinajstić information content (AvgIpc) is 2.10. The fourth-order valence-corrected chi connectivity index (χ4v) is 2.20. The van der Waals surface area contributed by atoms with Crippen molar-refractivity contribution in [1.29, 1.82) is 5.26 Å². The molecule has 2 unspecified atom stereocenters. The van der Waals surface area contributed by atoms with Crippen LogP contribution >= 0.6 is 0 Å². The molecule has 1 nitrogen and oxygen atoms in total. The van der Waals surface area contributed by atoms with E-state index < -0.39 is 0 Å². The highest BCUT2D eigenvalue weighted by Crippen LogP contribution is 2.58. The van der Waals surface area contributed by atoms with Crippen molar-refractivity contribution < 1.29 is 0 Å². The smallest absolute Gasteiger partial charge is 0.0781 e. The normalized spacial score (nSPS) is 39.1. The monoisotopic (exact) mass is 191 g/mol. The summed E-state index contributed by atoms with van der Waals surface area (Å²) in [6.45, 7) is 13.2. The maximum Gasteiger partial charge on any atom is 0.0781 e. The van der Waals surface area contributed by atoms with E-state index in [1.165, 1.54) is 0 Å². The number of rotatable bonds is 0. The van der Waals surface area contributed by atoms with Crippen LogP contribution in [0.15, 0.2) is 12.2 Å². The standard InChI is InChI=1S/C13H21N/c1-10-7-8-13(6,9-14)12(4,5)11(10,2)3/h7-8,10H,1-6H3. The maximum absolute atomic E-state index is 9.30. The zero-order valence-electron chi connectivity index (χ0n) is 10.2. The minimum absolute atomic E-state index is 0.00289. The Labute approximate surface area is 87.8 Å². The topological polar surface area (TPSA) is 23.8 Å². The van der Waals surface area contributed by atoms with E-state index in [9.17, 15) is 5.26 Å². The van der Waals surface area contributed by atoms with Crippen LogP contribution in [0.3, 0.4) is 0 Å². The van der Waals surface area contributed by atoms with Gasteiger partial charge in [-0.1, -0.05) is 46.8 Å². The number of nitriles is 1. The summed E-state index contributed by atoms with van der Waals surface area (Å²) in [6.07, 6.45) is 4.28. The van der Waals surface area contributed by atoms with Gasteiger partial charge in [0.15, 0.2) is 0 Å². The molecule has 78 valence electrons. The van der Waals surface area contributed by atoms with E-state index in [-0.39, 0.29) is 16.2 Å². The summed E-state index contributed by atoms with van der Waals surface area (Å²) >= 11 is 0. The molecule has 2 atom stereocenters. The number of nitrogens with zero attached hydrogens (tertiary/aromatic N) is 1. The number of hydrogen-bond donors (Lipinski definition) is 0. The molecule has 0 radical (unpaired) electrons. The third-order valence-electron chi connectivity index (χ3n) is 5.00. The van der Waals surface area contributed by atoms with E-state index in [0.29, 0.717) is 5.92 Å². The van der Waals surface area contributed by atoms with Crippen molar-refractivity contribution in [2.75, 3.05) is 0 Å². The second kappa shape index (κ2) is 2.86. The lowest BCUT2D eigenvalue weighted by Crippen LogP contribution is -2.49. The molecule has 0 N–H and O–H groups in total. The quantitative estimate of drug-likeness (QED) is 0.535. The summed E-state index contributed by atoms with van der Waals surface area (Å²) in [4.78, 5) is 0. The Hall–Kier alpha value is -0.770. The fourth-order valence-electron chi connectivity index (χ4n) is 2.20. The van der Waals surface area contributed by atoms with Crippen molar-refractivity contribution in [2.45, 2.75) is 41.5 Å². The maximum atomic E-state index is 9.30. The average molecular weight is 191 g/mol. The van der Waals surface area contributed by atoms with E-state index in [4.69, 9.17) is 0 Å². The predicted octanol–water partition coefficient (Wildman–Crippen LogP) is 3.77. The highest BCUT2D eigenvalue weighted by Gasteiger charge is 2.53. The molecule has 0 spiro atoms. The van der Waals surface area contributed by atoms with E-state index >= 15 is 0 Å². The summed E-state index contributed by atoms with van der Waals surface area (Å²) in [6, 6.07) is 2.46. The lowest BCUT2D eigenvalue weighted by atomic mass is 9.48. The summed E-state index contributed by atoms with van der Waals surface area (Å²) in [5.41, 5.74) is -0.182. The van der Waals surface area contributed by atoms with E-state index in [2.05, 4.69) is 52.8 Å². The Morgan fingerprint density at radius 2 is 1.64 bits per heavy atom. The van der Waals surface area contributed by atoms with Gasteiger partial charge in [0.2, 0.25) is 0 Å². The van der Waals surface area contributed by atoms with Gasteiger partial charge in [-0.15, -0.1) is 0 Å². The summed E-state index contributed by atoms with van der Waals surface area (Å²) in [5, 5.41) is 9.30. The molecule has 14 heavy (non-hydrogen) atoms. The molecular weight excluding hydrogens is 170 g/mol. The van der Waals surface area contributed by atoms with Crippen LogP contribution in [-0.4, -0.2) is 0 Å². The second-order valence-electron chi connectivity index (χ2n) is 5.81. The first kappa shape index (κ1) is 11.3. The summed E-state index contributed by atoms with van der Waals surface area (Å²) < 4.78 is 0. The molecule has 0 saturated carbocycles. The third kappa shape index (κ3) is 1.13. The molecule has 0 aromatic rings. The van der Waals surface area contributed by atoms with Crippen molar-refractivity contribution in [1.82, 2.24) is 0 Å². The van der Waals surface area contributed by atoms with Gasteiger partial charge in [-0.3, -0.25) is 0 Å². The van der Waals surface area contributed by atoms with Gasteiger partial charge < -0.3 is 0 Å². The first-order valence-corrected chi connectivity index (χ1v) is 5.29. The zero-order valence-corrected chi connectivity index (χ0v) is 10.2. The highest BCUT2D eigenvalue weighted by atomic mass is 14.6. The minimum Gasteiger partial charge on any atom is -0.197 e. The SMILES string of the molecule is CC1C=CC(C)(C#N)C(C)(C)C1(C)C.